The Bertz CT molecular complexity index is 611. The Hall–Kier alpha value is -0.870. The van der Waals surface area contributed by atoms with Crippen molar-refractivity contribution in [3.8, 4) is 0 Å². The van der Waals surface area contributed by atoms with Crippen LogP contribution >= 0.6 is 24.0 Å². The van der Waals surface area contributed by atoms with Gasteiger partial charge in [0.25, 0.3) is 0 Å². The molecular formula is C15H25IN4O2S. The van der Waals surface area contributed by atoms with E-state index >= 15 is 0 Å². The Morgan fingerprint density at radius 3 is 2.35 bits per heavy atom. The van der Waals surface area contributed by atoms with E-state index in [1.165, 1.54) is 19.9 Å². The number of nitrogens with zero attached hydrogens (tertiary/aromatic N) is 2. The van der Waals surface area contributed by atoms with E-state index in [2.05, 4.69) is 26.9 Å². The maximum atomic E-state index is 11.7. The fourth-order valence-corrected chi connectivity index (χ4v) is 3.14. The molecule has 1 aliphatic heterocycles. The lowest BCUT2D eigenvalue weighted by Gasteiger charge is -2.20. The van der Waals surface area contributed by atoms with Crippen LogP contribution < -0.4 is 10.0 Å². The molecule has 1 aliphatic rings. The molecule has 0 amide bonds. The van der Waals surface area contributed by atoms with E-state index in [1.807, 2.05) is 0 Å². The molecule has 0 aromatic heterocycles. The molecular weight excluding hydrogens is 427 g/mol. The molecule has 2 rings (SSSR count). The lowest BCUT2D eigenvalue weighted by atomic mass is 10.2. The van der Waals surface area contributed by atoms with Gasteiger partial charge in [-0.05, 0) is 44.5 Å². The summed E-state index contributed by atoms with van der Waals surface area (Å²) in [6, 6.07) is 6.83. The zero-order valence-corrected chi connectivity index (χ0v) is 16.7. The Kier molecular flexibility index (Phi) is 8.27. The molecule has 0 radical (unpaired) electrons. The molecule has 23 heavy (non-hydrogen) atoms. The third-order valence-electron chi connectivity index (χ3n) is 3.65. The van der Waals surface area contributed by atoms with Crippen LogP contribution in [0.1, 0.15) is 25.3 Å². The van der Waals surface area contributed by atoms with Gasteiger partial charge in [0.2, 0.25) is 10.0 Å². The molecule has 8 heteroatoms. The second kappa shape index (κ2) is 9.43. The van der Waals surface area contributed by atoms with Gasteiger partial charge in [0.05, 0.1) is 11.4 Å². The molecule has 1 saturated heterocycles. The molecule has 130 valence electrons. The van der Waals surface area contributed by atoms with Crippen LogP contribution in [0, 0.1) is 0 Å². The van der Waals surface area contributed by atoms with Crippen molar-refractivity contribution < 1.29 is 8.42 Å². The number of hydrogen-bond donors (Lipinski definition) is 2. The predicted molar refractivity (Wildman–Crippen MR) is 104 cm³/mol. The second-order valence-corrected chi connectivity index (χ2v) is 7.10. The van der Waals surface area contributed by atoms with E-state index in [9.17, 15) is 8.42 Å². The summed E-state index contributed by atoms with van der Waals surface area (Å²) in [5.41, 5.74) is 0.990. The maximum Gasteiger partial charge on any atom is 0.240 e. The summed E-state index contributed by atoms with van der Waals surface area (Å²) in [6.07, 6.45) is 2.42. The zero-order chi connectivity index (χ0) is 16.0. The average Bonchev–Trinajstić information content (AvgIpc) is 3.06. The van der Waals surface area contributed by atoms with Crippen molar-refractivity contribution >= 4 is 40.0 Å². The Labute approximate surface area is 155 Å². The number of halogens is 1. The molecule has 0 unspecified atom stereocenters. The number of guanidine groups is 1. The van der Waals surface area contributed by atoms with Gasteiger partial charge >= 0.3 is 0 Å². The van der Waals surface area contributed by atoms with Crippen LogP contribution in [0.5, 0.6) is 0 Å². The summed E-state index contributed by atoms with van der Waals surface area (Å²) in [5, 5.41) is 3.31. The van der Waals surface area contributed by atoms with Gasteiger partial charge in [-0.2, -0.15) is 0 Å². The third-order valence-corrected chi connectivity index (χ3v) is 5.08. The van der Waals surface area contributed by atoms with Crippen molar-refractivity contribution in [3.05, 3.63) is 29.8 Å². The lowest BCUT2D eigenvalue weighted by molar-refractivity contribution is 0.493. The van der Waals surface area contributed by atoms with Gasteiger partial charge in [-0.3, -0.25) is 0 Å². The Balaban J connectivity index is 0.00000264. The molecule has 0 atom stereocenters. The summed E-state index contributed by atoms with van der Waals surface area (Å²) in [4.78, 5) is 7.18. The standard InChI is InChI=1S/C15H24N4O2S.HI/c1-3-17-15(19-10-4-5-11-19)18-12-13-6-8-14(9-7-13)22(20,21)16-2;/h6-9,16H,3-5,10-12H2,1-2H3,(H,17,18);1H. The van der Waals surface area contributed by atoms with Crippen LogP contribution in [-0.4, -0.2) is 46.0 Å². The van der Waals surface area contributed by atoms with E-state index in [-0.39, 0.29) is 28.9 Å². The molecule has 6 nitrogen and oxygen atoms in total. The van der Waals surface area contributed by atoms with E-state index in [0.29, 0.717) is 6.54 Å². The number of aliphatic imine (C=N–C) groups is 1. The smallest absolute Gasteiger partial charge is 0.240 e. The number of benzene rings is 1. The fraction of sp³-hybridized carbons (Fsp3) is 0.533. The van der Waals surface area contributed by atoms with Gasteiger partial charge < -0.3 is 10.2 Å². The van der Waals surface area contributed by atoms with Crippen LogP contribution in [-0.2, 0) is 16.6 Å². The monoisotopic (exact) mass is 452 g/mol. The lowest BCUT2D eigenvalue weighted by Crippen LogP contribution is -2.39. The first kappa shape index (κ1) is 20.2. The molecule has 1 aromatic rings. The van der Waals surface area contributed by atoms with Gasteiger partial charge in [0.15, 0.2) is 5.96 Å². The quantitative estimate of drug-likeness (QED) is 0.406. The molecule has 1 heterocycles. The predicted octanol–water partition coefficient (Wildman–Crippen LogP) is 1.77. The first-order valence-electron chi connectivity index (χ1n) is 7.62. The summed E-state index contributed by atoms with van der Waals surface area (Å²) in [6.45, 7) is 5.53. The summed E-state index contributed by atoms with van der Waals surface area (Å²) >= 11 is 0. The average molecular weight is 452 g/mol. The SMILES string of the molecule is CCNC(=NCc1ccc(S(=O)(=O)NC)cc1)N1CCCC1.I. The number of rotatable bonds is 5. The van der Waals surface area contributed by atoms with Gasteiger partial charge in [0.1, 0.15) is 0 Å². The molecule has 1 fully saturated rings. The number of hydrogen-bond acceptors (Lipinski definition) is 3. The van der Waals surface area contributed by atoms with Gasteiger partial charge in [-0.25, -0.2) is 18.1 Å². The Morgan fingerprint density at radius 2 is 1.83 bits per heavy atom. The minimum Gasteiger partial charge on any atom is -0.357 e. The van der Waals surface area contributed by atoms with Gasteiger partial charge in [0, 0.05) is 19.6 Å². The highest BCUT2D eigenvalue weighted by molar-refractivity contribution is 14.0. The highest BCUT2D eigenvalue weighted by Crippen LogP contribution is 2.12. The van der Waals surface area contributed by atoms with Crippen molar-refractivity contribution in [1.82, 2.24) is 14.9 Å². The minimum absolute atomic E-state index is 0. The molecule has 0 spiro atoms. The molecule has 0 saturated carbocycles. The van der Waals surface area contributed by atoms with E-state index in [1.54, 1.807) is 24.3 Å². The van der Waals surface area contributed by atoms with E-state index < -0.39 is 10.0 Å². The summed E-state index contributed by atoms with van der Waals surface area (Å²) in [7, 11) is -1.97. The third kappa shape index (κ3) is 5.61. The van der Waals surface area contributed by atoms with Crippen LogP contribution in [0.25, 0.3) is 0 Å². The van der Waals surface area contributed by atoms with Crippen molar-refractivity contribution in [2.45, 2.75) is 31.2 Å². The molecule has 0 aliphatic carbocycles. The van der Waals surface area contributed by atoms with Crippen LogP contribution in [0.4, 0.5) is 0 Å². The molecule has 0 bridgehead atoms. The molecule has 1 aromatic carbocycles. The Morgan fingerprint density at radius 1 is 1.22 bits per heavy atom. The van der Waals surface area contributed by atoms with Crippen molar-refractivity contribution in [2.75, 3.05) is 26.7 Å². The first-order valence-corrected chi connectivity index (χ1v) is 9.11. The highest BCUT2D eigenvalue weighted by atomic mass is 127. The van der Waals surface area contributed by atoms with Crippen LogP contribution in [0.3, 0.4) is 0 Å². The number of nitrogens with one attached hydrogen (secondary N) is 2. The number of sulfonamides is 1. The minimum atomic E-state index is -3.37. The highest BCUT2D eigenvalue weighted by Gasteiger charge is 2.15. The van der Waals surface area contributed by atoms with E-state index in [0.717, 1.165) is 31.2 Å². The fourth-order valence-electron chi connectivity index (χ4n) is 2.41. The van der Waals surface area contributed by atoms with Crippen molar-refractivity contribution in [2.24, 2.45) is 4.99 Å². The second-order valence-electron chi connectivity index (χ2n) is 5.22. The largest absolute Gasteiger partial charge is 0.357 e. The summed E-state index contributed by atoms with van der Waals surface area (Å²) < 4.78 is 25.7. The molecule has 2 N–H and O–H groups in total. The van der Waals surface area contributed by atoms with E-state index in [4.69, 9.17) is 0 Å². The van der Waals surface area contributed by atoms with Crippen molar-refractivity contribution in [3.63, 3.8) is 0 Å². The topological polar surface area (TPSA) is 73.8 Å². The first-order chi connectivity index (χ1) is 10.6. The van der Waals surface area contributed by atoms with Crippen LogP contribution in [0.15, 0.2) is 34.2 Å². The zero-order valence-electron chi connectivity index (χ0n) is 13.6. The van der Waals surface area contributed by atoms with Crippen molar-refractivity contribution in [1.29, 1.82) is 0 Å². The maximum absolute atomic E-state index is 11.7. The van der Waals surface area contributed by atoms with Gasteiger partial charge in [-0.15, -0.1) is 24.0 Å². The summed E-state index contributed by atoms with van der Waals surface area (Å²) in [5.74, 6) is 0.937. The normalized spacial score (nSPS) is 15.4. The number of likely N-dealkylation sites (tertiary alicyclic amines) is 1. The van der Waals surface area contributed by atoms with Gasteiger partial charge in [-0.1, -0.05) is 12.1 Å². The van der Waals surface area contributed by atoms with Crippen LogP contribution in [0.2, 0.25) is 0 Å².